The molecule has 1 aromatic heterocycles. The smallest absolute Gasteiger partial charge is 0.248 e. The highest BCUT2D eigenvalue weighted by Crippen LogP contribution is 2.36. The fourth-order valence-corrected chi connectivity index (χ4v) is 6.41. The van der Waals surface area contributed by atoms with E-state index in [-0.39, 0.29) is 30.1 Å². The van der Waals surface area contributed by atoms with E-state index in [1.54, 1.807) is 4.90 Å². The molecule has 1 saturated carbocycles. The molecule has 2 aliphatic heterocycles. The number of aliphatic hydroxyl groups is 1. The van der Waals surface area contributed by atoms with E-state index in [0.29, 0.717) is 25.4 Å². The number of hydrogen-bond donors (Lipinski definition) is 2. The fraction of sp³-hybridized carbons (Fsp3) is 0.815. The van der Waals surface area contributed by atoms with Crippen molar-refractivity contribution in [1.82, 2.24) is 24.9 Å². The summed E-state index contributed by atoms with van der Waals surface area (Å²) in [7, 11) is 0. The molecule has 4 rings (SSSR count). The lowest BCUT2D eigenvalue weighted by atomic mass is 9.80. The van der Waals surface area contributed by atoms with Crippen molar-refractivity contribution in [2.45, 2.75) is 116 Å². The van der Waals surface area contributed by atoms with Gasteiger partial charge in [-0.1, -0.05) is 40.0 Å². The van der Waals surface area contributed by atoms with Crippen LogP contribution in [0.3, 0.4) is 0 Å². The van der Waals surface area contributed by atoms with Crippen LogP contribution in [0.25, 0.3) is 0 Å². The van der Waals surface area contributed by atoms with Gasteiger partial charge in [-0.2, -0.15) is 5.10 Å². The van der Waals surface area contributed by atoms with Crippen LogP contribution in [0.15, 0.2) is 0 Å². The topological polar surface area (TPSA) is 90.7 Å². The largest absolute Gasteiger partial charge is 0.390 e. The van der Waals surface area contributed by atoms with E-state index in [1.165, 1.54) is 43.4 Å². The number of aliphatic hydroxyl groups excluding tert-OH is 1. The highest BCUT2D eigenvalue weighted by Gasteiger charge is 2.54. The van der Waals surface area contributed by atoms with E-state index in [4.69, 9.17) is 5.10 Å². The van der Waals surface area contributed by atoms with Crippen LogP contribution in [-0.4, -0.2) is 73.8 Å². The van der Waals surface area contributed by atoms with Gasteiger partial charge in [-0.05, 0) is 51.9 Å². The van der Waals surface area contributed by atoms with Crippen LogP contribution in [0.5, 0.6) is 0 Å². The van der Waals surface area contributed by atoms with Crippen LogP contribution in [0, 0.1) is 19.8 Å². The molecule has 2 saturated heterocycles. The average Bonchev–Trinajstić information content (AvgIpc) is 3.13. The summed E-state index contributed by atoms with van der Waals surface area (Å²) in [6, 6.07) is -0.330. The predicted molar refractivity (Wildman–Crippen MR) is 143 cm³/mol. The van der Waals surface area contributed by atoms with E-state index >= 15 is 0 Å². The van der Waals surface area contributed by atoms with E-state index in [2.05, 4.69) is 28.7 Å². The molecule has 9 heteroatoms. The normalized spacial score (nSPS) is 24.2. The maximum absolute atomic E-state index is 13.4. The number of nitrogens with zero attached hydrogens (tertiary/aromatic N) is 4. The van der Waals surface area contributed by atoms with E-state index in [1.807, 2.05) is 20.8 Å². The number of amides is 2. The number of carbonyl (C=O) groups excluding carboxylic acids is 2. The zero-order valence-corrected chi connectivity index (χ0v) is 23.6. The van der Waals surface area contributed by atoms with Gasteiger partial charge in [0.05, 0.1) is 17.8 Å². The van der Waals surface area contributed by atoms with Gasteiger partial charge in [0, 0.05) is 37.4 Å². The Kier molecular flexibility index (Phi) is 9.50. The van der Waals surface area contributed by atoms with Gasteiger partial charge >= 0.3 is 0 Å². The van der Waals surface area contributed by atoms with Gasteiger partial charge in [0.15, 0.2) is 0 Å². The number of likely N-dealkylation sites (tertiary alicyclic amines) is 1. The summed E-state index contributed by atoms with van der Waals surface area (Å²) >= 11 is 0. The monoisotopic (exact) mass is 523 g/mol. The summed E-state index contributed by atoms with van der Waals surface area (Å²) in [4.78, 5) is 31.1. The molecule has 3 aliphatic rings. The van der Waals surface area contributed by atoms with E-state index in [9.17, 15) is 14.7 Å². The molecular formula is C27H46ClN5O3. The van der Waals surface area contributed by atoms with Crippen molar-refractivity contribution >= 4 is 24.2 Å². The summed E-state index contributed by atoms with van der Waals surface area (Å²) in [6.45, 7) is 13.0. The summed E-state index contributed by atoms with van der Waals surface area (Å²) < 4.78 is 2.27. The van der Waals surface area contributed by atoms with Gasteiger partial charge < -0.3 is 15.3 Å². The Morgan fingerprint density at radius 1 is 1.11 bits per heavy atom. The van der Waals surface area contributed by atoms with Gasteiger partial charge in [0.2, 0.25) is 11.8 Å². The third kappa shape index (κ3) is 5.32. The van der Waals surface area contributed by atoms with Crippen molar-refractivity contribution in [3.8, 4) is 0 Å². The van der Waals surface area contributed by atoms with Crippen LogP contribution in [-0.2, 0) is 16.1 Å². The van der Waals surface area contributed by atoms with Crippen molar-refractivity contribution in [3.05, 3.63) is 17.0 Å². The van der Waals surface area contributed by atoms with Crippen molar-refractivity contribution in [3.63, 3.8) is 0 Å². The second-order valence-corrected chi connectivity index (χ2v) is 11.4. The van der Waals surface area contributed by atoms with Crippen LogP contribution in [0.4, 0.5) is 0 Å². The first-order valence-electron chi connectivity index (χ1n) is 13.8. The summed E-state index contributed by atoms with van der Waals surface area (Å²) in [5.74, 6) is -0.349. The van der Waals surface area contributed by atoms with Crippen molar-refractivity contribution in [2.75, 3.05) is 19.6 Å². The maximum atomic E-state index is 13.4. The van der Waals surface area contributed by atoms with Crippen LogP contribution < -0.4 is 5.32 Å². The number of aryl methyl sites for hydroxylation is 1. The van der Waals surface area contributed by atoms with Crippen molar-refractivity contribution in [2.24, 2.45) is 5.92 Å². The lowest BCUT2D eigenvalue weighted by molar-refractivity contribution is -0.165. The summed E-state index contributed by atoms with van der Waals surface area (Å²) in [5.41, 5.74) is 2.88. The first-order valence-corrected chi connectivity index (χ1v) is 13.8. The summed E-state index contributed by atoms with van der Waals surface area (Å²) in [6.07, 6.45) is 7.48. The number of piperidine rings is 1. The molecule has 0 bridgehead atoms. The van der Waals surface area contributed by atoms with Crippen LogP contribution >= 0.6 is 12.4 Å². The highest BCUT2D eigenvalue weighted by atomic mass is 35.5. The number of rotatable bonds is 7. The lowest BCUT2D eigenvalue weighted by Gasteiger charge is -2.52. The Bertz CT molecular complexity index is 919. The zero-order valence-electron chi connectivity index (χ0n) is 22.8. The molecule has 1 aromatic rings. The molecule has 204 valence electrons. The molecule has 2 atom stereocenters. The molecule has 1 spiro atoms. The molecule has 8 nitrogen and oxygen atoms in total. The first-order chi connectivity index (χ1) is 16.7. The zero-order chi connectivity index (χ0) is 25.3. The Balaban J connectivity index is 0.00000361. The number of halogens is 1. The maximum Gasteiger partial charge on any atom is 0.248 e. The van der Waals surface area contributed by atoms with Gasteiger partial charge in [0.1, 0.15) is 11.6 Å². The van der Waals surface area contributed by atoms with E-state index < -0.39 is 17.7 Å². The predicted octanol–water partition coefficient (Wildman–Crippen LogP) is 3.52. The van der Waals surface area contributed by atoms with Gasteiger partial charge in [-0.25, -0.2) is 0 Å². The minimum atomic E-state index is -0.880. The number of hydrogen-bond acceptors (Lipinski definition) is 5. The van der Waals surface area contributed by atoms with Crippen molar-refractivity contribution in [1.29, 1.82) is 0 Å². The van der Waals surface area contributed by atoms with Gasteiger partial charge in [0.25, 0.3) is 0 Å². The molecule has 1 aliphatic carbocycles. The molecule has 0 radical (unpaired) electrons. The van der Waals surface area contributed by atoms with Gasteiger partial charge in [-0.15, -0.1) is 12.4 Å². The minimum Gasteiger partial charge on any atom is -0.390 e. The van der Waals surface area contributed by atoms with Crippen molar-refractivity contribution < 1.29 is 14.7 Å². The molecule has 3 heterocycles. The third-order valence-electron chi connectivity index (χ3n) is 8.69. The number of aromatic nitrogens is 2. The highest BCUT2D eigenvalue weighted by molar-refractivity contribution is 6.00. The summed E-state index contributed by atoms with van der Waals surface area (Å²) in [5, 5.41) is 18.4. The molecule has 2 amide bonds. The molecule has 0 aromatic carbocycles. The standard InChI is InChI=1S/C27H45N5O3.ClH/c1-6-14-31-25(34)23(24(33)18(2)3)28-26(35)27(31)12-15-30(16-13-27)17-22-19(4)29-32(20(22)5)21-10-8-7-9-11-21;/h18,21,23-24,33H,6-17H2,1-5H3,(H,28,35);1H/t23-,24-;/m1./s1. The average molecular weight is 524 g/mol. The number of carbonyl (C=O) groups is 2. The Morgan fingerprint density at radius 3 is 2.33 bits per heavy atom. The Labute approximate surface area is 222 Å². The fourth-order valence-electron chi connectivity index (χ4n) is 6.41. The third-order valence-corrected chi connectivity index (χ3v) is 8.69. The Hall–Kier alpha value is -1.64. The second-order valence-electron chi connectivity index (χ2n) is 11.4. The molecular weight excluding hydrogens is 478 g/mol. The van der Waals surface area contributed by atoms with Crippen LogP contribution in [0.2, 0.25) is 0 Å². The molecule has 36 heavy (non-hydrogen) atoms. The lowest BCUT2D eigenvalue weighted by Crippen LogP contribution is -2.74. The van der Waals surface area contributed by atoms with Gasteiger partial charge in [-0.3, -0.25) is 19.2 Å². The Morgan fingerprint density at radius 2 is 1.75 bits per heavy atom. The molecule has 3 fully saturated rings. The molecule has 0 unspecified atom stereocenters. The van der Waals surface area contributed by atoms with E-state index in [0.717, 1.165) is 31.7 Å². The van der Waals surface area contributed by atoms with Crippen LogP contribution in [0.1, 0.15) is 95.1 Å². The SMILES string of the molecule is CCCN1C(=O)[C@@H]([C@H](O)C(C)C)NC(=O)C12CCN(Cc1c(C)nn(C3CCCCC3)c1C)CC2.Cl. The molecule has 2 N–H and O–H groups in total. The quantitative estimate of drug-likeness (QED) is 0.570. The first kappa shape index (κ1) is 28.9. The minimum absolute atomic E-state index is 0. The second kappa shape index (κ2) is 11.8. The number of piperazine rings is 1. The number of nitrogens with one attached hydrogen (secondary N) is 1.